The van der Waals surface area contributed by atoms with Crippen LogP contribution >= 0.6 is 11.3 Å². The number of rotatable bonds is 23. The maximum atomic E-state index is 13.6. The molecule has 93 heavy (non-hydrogen) atoms. The molecule has 4 heterocycles. The molecule has 0 aliphatic carbocycles. The number of anilines is 1. The van der Waals surface area contributed by atoms with Crippen molar-refractivity contribution in [3.8, 4) is 0 Å². The molecule has 37 heteroatoms. The molecule has 0 bridgehead atoms. The first-order valence-electron chi connectivity index (χ1n) is 27.3. The van der Waals surface area contributed by atoms with Crippen LogP contribution < -0.4 is 20.7 Å². The number of sulfonamides is 1. The van der Waals surface area contributed by atoms with E-state index >= 15 is 0 Å². The highest BCUT2D eigenvalue weighted by molar-refractivity contribution is 7.91. The summed E-state index contributed by atoms with van der Waals surface area (Å²) in [6.45, 7) is 6.03. The SMILES string of the molecule is CC1(C)C(/C=C/C(=C/C=C2/N(CCCS(=O)(=O)O)c3ccc4c(S(=O)(=O)O)cc(S(=O)(=O)O)cc4c3C2(C)C)c2ccc(C(=O)NCCC(=O)NCc3ccc4sc(S(N)(=O)=O)nc4c3)cn2)=[N+](CCCS(=O)(=O)[O-])c2ccc3c(S(=O)(=O)O)cc(S(=O)(=O)O)cc3c21. The van der Waals surface area contributed by atoms with Crippen LogP contribution in [-0.4, -0.2) is 149 Å². The molecule has 0 fully saturated rings. The molecule has 9 N–H and O–H groups in total. The van der Waals surface area contributed by atoms with E-state index in [0.29, 0.717) is 33.6 Å². The Balaban J connectivity index is 1.15. The number of allylic oxidation sites excluding steroid dienone is 6. The minimum atomic E-state index is -5.19. The number of fused-ring (bicyclic) bond motifs is 7. The van der Waals surface area contributed by atoms with Gasteiger partial charge in [0.1, 0.15) is 16.3 Å². The molecule has 496 valence electrons. The summed E-state index contributed by atoms with van der Waals surface area (Å²) < 4.78 is 239. The minimum Gasteiger partial charge on any atom is -0.748 e. The predicted molar refractivity (Wildman–Crippen MR) is 340 cm³/mol. The summed E-state index contributed by atoms with van der Waals surface area (Å²) in [6.07, 6.45) is 6.57. The van der Waals surface area contributed by atoms with Gasteiger partial charge in [-0.1, -0.05) is 32.1 Å². The summed E-state index contributed by atoms with van der Waals surface area (Å²) in [4.78, 5) is 33.2. The number of hydrogen-bond acceptors (Lipinski definition) is 21. The lowest BCUT2D eigenvalue weighted by Crippen LogP contribution is -2.30. The van der Waals surface area contributed by atoms with E-state index in [1.807, 2.05) is 0 Å². The number of pyridine rings is 1. The number of hydrogen-bond donors (Lipinski definition) is 8. The molecule has 2 amide bonds. The fourth-order valence-electron chi connectivity index (χ4n) is 11.4. The maximum Gasteiger partial charge on any atom is 0.295 e. The normalized spacial score (nSPS) is 16.1. The van der Waals surface area contributed by atoms with Gasteiger partial charge in [-0.2, -0.15) is 46.7 Å². The fourth-order valence-corrected chi connectivity index (χ4v) is 16.7. The molecule has 0 saturated carbocycles. The van der Waals surface area contributed by atoms with Crippen LogP contribution in [0.3, 0.4) is 0 Å². The number of aromatic nitrogens is 2. The van der Waals surface area contributed by atoms with E-state index in [9.17, 15) is 95.8 Å². The average Bonchev–Trinajstić information content (AvgIpc) is 1.61. The third kappa shape index (κ3) is 15.3. The number of amides is 2. The van der Waals surface area contributed by atoms with E-state index < -0.39 is 124 Å². The maximum absolute atomic E-state index is 13.6. The standard InChI is InChI=1S/C56H57N7O22S8/c1-55(2)48(62(21-5-23-87(66,67)68)43-14-11-37-39(51(43)55)26-35(90(74,75)76)28-46(37)92(80,81)82)17-9-33(41-13-8-34(31-59-41)53(65)58-20-19-50(64)60-30-32-7-16-45-42(25-32)61-54(86-45)89(57,72)73)10-18-49-56(3,4)52-40-27-36(91(77,78)79)29-47(93(83,84)85)38(40)12-15-44(52)63(49)22-6-24-88(69,70)71/h7-18,25-29,31H,5-6,19-24,30H2,1-4H3,(H9-,57,58,60,64,65,66,67,68,69,70,71,72,73,74,75,76,77,78,79,80,81,82,83,84,85). The highest BCUT2D eigenvalue weighted by atomic mass is 32.3. The number of nitrogens with zero attached hydrogens (tertiary/aromatic N) is 4. The van der Waals surface area contributed by atoms with Gasteiger partial charge in [0.15, 0.2) is 5.71 Å². The van der Waals surface area contributed by atoms with E-state index in [0.717, 1.165) is 23.5 Å². The van der Waals surface area contributed by atoms with Crippen molar-refractivity contribution < 1.29 is 100 Å². The third-order valence-electron chi connectivity index (χ3n) is 15.5. The molecule has 0 unspecified atom stereocenters. The Bertz CT molecular complexity index is 5320. The topological polar surface area (TPSA) is 479 Å². The molecule has 0 saturated heterocycles. The summed E-state index contributed by atoms with van der Waals surface area (Å²) in [7, 11) is -34.1. The number of benzene rings is 5. The number of primary sulfonamides is 1. The second kappa shape index (κ2) is 25.1. The zero-order chi connectivity index (χ0) is 68.6. The Labute approximate surface area is 538 Å². The second-order valence-electron chi connectivity index (χ2n) is 22.6. The van der Waals surface area contributed by atoms with Crippen molar-refractivity contribution in [2.45, 2.75) is 88.3 Å². The molecule has 29 nitrogen and oxygen atoms in total. The first-order chi connectivity index (χ1) is 42.8. The smallest absolute Gasteiger partial charge is 0.295 e. The van der Waals surface area contributed by atoms with Crippen molar-refractivity contribution >= 4 is 148 Å². The number of nitrogens with one attached hydrogen (secondary N) is 2. The lowest BCUT2D eigenvalue weighted by Gasteiger charge is -2.27. The first kappa shape index (κ1) is 70.0. The molecule has 0 radical (unpaired) electrons. The van der Waals surface area contributed by atoms with Gasteiger partial charge in [-0.05, 0) is 115 Å². The van der Waals surface area contributed by atoms with Gasteiger partial charge in [0, 0.05) is 95.3 Å². The van der Waals surface area contributed by atoms with Gasteiger partial charge >= 0.3 is 0 Å². The Hall–Kier alpha value is -7.34. The number of carbonyl (C=O) groups is 2. The Morgan fingerprint density at radius 1 is 0.699 bits per heavy atom. The van der Waals surface area contributed by atoms with E-state index in [1.54, 1.807) is 61.4 Å². The van der Waals surface area contributed by atoms with Gasteiger partial charge < -0.3 is 20.1 Å². The van der Waals surface area contributed by atoms with E-state index in [-0.39, 0.29) is 116 Å². The van der Waals surface area contributed by atoms with Crippen LogP contribution in [0.15, 0.2) is 139 Å². The van der Waals surface area contributed by atoms with E-state index in [2.05, 4.69) is 20.6 Å². The van der Waals surface area contributed by atoms with Crippen molar-refractivity contribution in [1.29, 1.82) is 0 Å². The second-order valence-corrected chi connectivity index (χ2v) is 34.1. The Morgan fingerprint density at radius 2 is 1.31 bits per heavy atom. The zero-order valence-electron chi connectivity index (χ0n) is 49.1. The lowest BCUT2D eigenvalue weighted by atomic mass is 9.79. The summed E-state index contributed by atoms with van der Waals surface area (Å²) >= 11 is 0.884. The highest BCUT2D eigenvalue weighted by Crippen LogP contribution is 2.52. The van der Waals surface area contributed by atoms with Crippen LogP contribution in [0.1, 0.15) is 79.7 Å². The van der Waals surface area contributed by atoms with Crippen molar-refractivity contribution in [3.63, 3.8) is 0 Å². The molecular weight excluding hydrogens is 1380 g/mol. The largest absolute Gasteiger partial charge is 0.748 e. The van der Waals surface area contributed by atoms with Crippen LogP contribution in [0, 0.1) is 0 Å². The number of carbonyl (C=O) groups excluding carboxylic acids is 2. The van der Waals surface area contributed by atoms with Crippen molar-refractivity contribution in [3.05, 3.63) is 143 Å². The zero-order valence-corrected chi connectivity index (χ0v) is 55.6. The summed E-state index contributed by atoms with van der Waals surface area (Å²) in [5.41, 5.74) is 0.0194. The highest BCUT2D eigenvalue weighted by Gasteiger charge is 2.47. The molecule has 7 aromatic rings. The van der Waals surface area contributed by atoms with Crippen LogP contribution in [0.25, 0.3) is 37.3 Å². The molecular formula is C56H57N7O22S8. The van der Waals surface area contributed by atoms with Crippen molar-refractivity contribution in [2.24, 2.45) is 5.14 Å². The fraction of sp³-hybridized carbons (Fsp3) is 0.268. The van der Waals surface area contributed by atoms with Gasteiger partial charge in [-0.25, -0.2) is 27.0 Å². The Kier molecular flexibility index (Phi) is 18.9. The first-order valence-corrected chi connectivity index (χ1v) is 38.6. The van der Waals surface area contributed by atoms with Crippen LogP contribution in [0.4, 0.5) is 11.4 Å². The molecule has 5 aromatic carbocycles. The van der Waals surface area contributed by atoms with Crippen LogP contribution in [0.5, 0.6) is 0 Å². The molecule has 2 aliphatic rings. The summed E-state index contributed by atoms with van der Waals surface area (Å²) in [6, 6.07) is 16.2. The summed E-state index contributed by atoms with van der Waals surface area (Å²) in [5.74, 6) is -2.75. The quantitative estimate of drug-likeness (QED) is 0.0238. The molecule has 0 atom stereocenters. The monoisotopic (exact) mass is 1440 g/mol. The number of thiazole rings is 1. The van der Waals surface area contributed by atoms with E-state index in [4.69, 9.17) is 5.14 Å². The van der Waals surface area contributed by atoms with Gasteiger partial charge in [-0.15, -0.1) is 11.3 Å². The lowest BCUT2D eigenvalue weighted by molar-refractivity contribution is -0.437. The number of nitrogens with two attached hydrogens (primary N) is 1. The molecule has 0 spiro atoms. The van der Waals surface area contributed by atoms with Crippen LogP contribution in [-0.2, 0) is 92.9 Å². The van der Waals surface area contributed by atoms with Crippen molar-refractivity contribution in [1.82, 2.24) is 20.6 Å². The third-order valence-corrected chi connectivity index (χ3v) is 22.9. The van der Waals surface area contributed by atoms with Gasteiger partial charge in [0.2, 0.25) is 15.9 Å². The van der Waals surface area contributed by atoms with E-state index in [1.165, 1.54) is 60.8 Å². The molecule has 9 rings (SSSR count). The van der Waals surface area contributed by atoms with Gasteiger partial charge in [0.05, 0.1) is 52.6 Å². The minimum absolute atomic E-state index is 0.00397. The Morgan fingerprint density at radius 3 is 1.87 bits per heavy atom. The van der Waals surface area contributed by atoms with Gasteiger partial charge in [0.25, 0.3) is 66.5 Å². The predicted octanol–water partition coefficient (Wildman–Crippen LogP) is 4.98. The van der Waals surface area contributed by atoms with Crippen LogP contribution in [0.2, 0.25) is 0 Å². The molecule has 2 aliphatic heterocycles. The average molecular weight is 1440 g/mol. The van der Waals surface area contributed by atoms with Crippen molar-refractivity contribution in [2.75, 3.05) is 36.0 Å². The molecule has 2 aromatic heterocycles. The summed E-state index contributed by atoms with van der Waals surface area (Å²) in [5, 5.41) is 10.0. The van der Waals surface area contributed by atoms with Gasteiger partial charge in [-0.3, -0.25) is 37.3 Å².